The highest BCUT2D eigenvalue weighted by Crippen LogP contribution is 2.22. The average molecular weight is 356 g/mol. The molecule has 0 spiro atoms. The Morgan fingerprint density at radius 3 is 2.72 bits per heavy atom. The molecule has 0 saturated carbocycles. The summed E-state index contributed by atoms with van der Waals surface area (Å²) in [5.41, 5.74) is 1.61. The summed E-state index contributed by atoms with van der Waals surface area (Å²) in [4.78, 5) is 15.7. The van der Waals surface area contributed by atoms with E-state index in [1.807, 2.05) is 0 Å². The van der Waals surface area contributed by atoms with E-state index in [-0.39, 0.29) is 17.2 Å². The van der Waals surface area contributed by atoms with Gasteiger partial charge in [-0.25, -0.2) is 13.1 Å². The van der Waals surface area contributed by atoms with Crippen LogP contribution in [0.2, 0.25) is 0 Å². The van der Waals surface area contributed by atoms with E-state index in [1.165, 1.54) is 25.3 Å². The van der Waals surface area contributed by atoms with E-state index in [0.717, 1.165) is 0 Å². The molecular formula is C18H16N2O4S. The van der Waals surface area contributed by atoms with Crippen molar-refractivity contribution in [2.24, 2.45) is 0 Å². The van der Waals surface area contributed by atoms with Gasteiger partial charge in [0.15, 0.2) is 11.5 Å². The lowest BCUT2D eigenvalue weighted by Gasteiger charge is -2.10. The van der Waals surface area contributed by atoms with E-state index in [0.29, 0.717) is 22.6 Å². The predicted octanol–water partition coefficient (Wildman–Crippen LogP) is 3.02. The lowest BCUT2D eigenvalue weighted by atomic mass is 10.1. The number of nitrogens with zero attached hydrogens (tertiary/aromatic N) is 1. The van der Waals surface area contributed by atoms with Crippen LogP contribution in [0.3, 0.4) is 0 Å². The highest BCUT2D eigenvalue weighted by atomic mass is 32.2. The molecule has 0 aliphatic carbocycles. The number of hydrogen-bond donors (Lipinski definition) is 1. The van der Waals surface area contributed by atoms with Crippen molar-refractivity contribution in [2.45, 2.75) is 18.4 Å². The van der Waals surface area contributed by atoms with Crippen LogP contribution >= 0.6 is 0 Å². The zero-order chi connectivity index (χ0) is 17.9. The zero-order valence-electron chi connectivity index (χ0n) is 13.5. The first kappa shape index (κ1) is 17.1. The van der Waals surface area contributed by atoms with Gasteiger partial charge in [0, 0.05) is 18.3 Å². The minimum absolute atomic E-state index is 0.0450. The summed E-state index contributed by atoms with van der Waals surface area (Å²) in [5, 5.41) is 0. The minimum atomic E-state index is -3.76. The molecule has 0 saturated heterocycles. The fourth-order valence-corrected chi connectivity index (χ4v) is 3.41. The Morgan fingerprint density at radius 2 is 2.00 bits per heavy atom. The van der Waals surface area contributed by atoms with Crippen LogP contribution in [0.25, 0.3) is 11.5 Å². The largest absolute Gasteiger partial charge is 0.463 e. The van der Waals surface area contributed by atoms with Crippen LogP contribution in [0.15, 0.2) is 70.3 Å². The second-order valence-corrected chi connectivity index (χ2v) is 7.16. The molecule has 3 aromatic rings. The highest BCUT2D eigenvalue weighted by molar-refractivity contribution is 7.89. The van der Waals surface area contributed by atoms with Gasteiger partial charge in [-0.05, 0) is 42.8 Å². The van der Waals surface area contributed by atoms with E-state index in [4.69, 9.17) is 4.42 Å². The Labute approximate surface area is 145 Å². The molecule has 3 rings (SSSR count). The molecule has 2 heterocycles. The van der Waals surface area contributed by atoms with Crippen LogP contribution in [0.1, 0.15) is 22.8 Å². The topological polar surface area (TPSA) is 89.3 Å². The number of carbonyl (C=O) groups excluding carboxylic acids is 1. The molecule has 6 nitrogen and oxygen atoms in total. The van der Waals surface area contributed by atoms with Gasteiger partial charge in [0.25, 0.3) is 0 Å². The number of sulfonamides is 1. The summed E-state index contributed by atoms with van der Waals surface area (Å²) in [6.45, 7) is 1.45. The van der Waals surface area contributed by atoms with E-state index < -0.39 is 10.0 Å². The molecule has 0 aliphatic rings. The molecule has 0 atom stereocenters. The third-order valence-corrected chi connectivity index (χ3v) is 5.05. The summed E-state index contributed by atoms with van der Waals surface area (Å²) in [7, 11) is -3.76. The first-order chi connectivity index (χ1) is 12.0. The van der Waals surface area contributed by atoms with Crippen molar-refractivity contribution >= 4 is 15.8 Å². The van der Waals surface area contributed by atoms with Crippen molar-refractivity contribution in [3.8, 4) is 11.5 Å². The van der Waals surface area contributed by atoms with Crippen molar-refractivity contribution in [1.82, 2.24) is 9.71 Å². The van der Waals surface area contributed by atoms with E-state index in [9.17, 15) is 13.2 Å². The number of carbonyl (C=O) groups is 1. The fraction of sp³-hybridized carbons (Fsp3) is 0.111. The summed E-state index contributed by atoms with van der Waals surface area (Å²) in [6, 6.07) is 12.9. The Balaban J connectivity index is 1.84. The zero-order valence-corrected chi connectivity index (χ0v) is 14.3. The van der Waals surface area contributed by atoms with Crippen LogP contribution in [0.5, 0.6) is 0 Å². The molecular weight excluding hydrogens is 340 g/mol. The fourth-order valence-electron chi connectivity index (χ4n) is 2.35. The van der Waals surface area contributed by atoms with Crippen LogP contribution in [-0.2, 0) is 16.6 Å². The molecule has 0 bridgehead atoms. The predicted molar refractivity (Wildman–Crippen MR) is 92.4 cm³/mol. The smallest absolute Gasteiger partial charge is 0.240 e. The monoisotopic (exact) mass is 356 g/mol. The SMILES string of the molecule is CC(=O)c1cccc(S(=O)(=O)NCc2cccnc2-c2ccco2)c1. The molecule has 25 heavy (non-hydrogen) atoms. The van der Waals surface area contributed by atoms with Crippen LogP contribution in [-0.4, -0.2) is 19.2 Å². The lowest BCUT2D eigenvalue weighted by Crippen LogP contribution is -2.24. The number of hydrogen-bond acceptors (Lipinski definition) is 5. The van der Waals surface area contributed by atoms with Gasteiger partial charge in [-0.15, -0.1) is 0 Å². The molecule has 0 radical (unpaired) electrons. The van der Waals surface area contributed by atoms with Gasteiger partial charge in [0.05, 0.1) is 11.2 Å². The summed E-state index contributed by atoms with van der Waals surface area (Å²) >= 11 is 0. The molecule has 0 unspecified atom stereocenters. The third-order valence-electron chi connectivity index (χ3n) is 3.65. The first-order valence-corrected chi connectivity index (χ1v) is 9.04. The Hall–Kier alpha value is -2.77. The van der Waals surface area contributed by atoms with Gasteiger partial charge in [0.2, 0.25) is 10.0 Å². The Morgan fingerprint density at radius 1 is 1.16 bits per heavy atom. The van der Waals surface area contributed by atoms with Crippen molar-refractivity contribution in [2.75, 3.05) is 0 Å². The highest BCUT2D eigenvalue weighted by Gasteiger charge is 2.17. The van der Waals surface area contributed by atoms with Gasteiger partial charge < -0.3 is 4.42 Å². The standard InChI is InChI=1S/C18H16N2O4S/c1-13(21)14-5-2-7-16(11-14)25(22,23)20-12-15-6-3-9-19-18(15)17-8-4-10-24-17/h2-11,20H,12H2,1H3. The first-order valence-electron chi connectivity index (χ1n) is 7.56. The van der Waals surface area contributed by atoms with Crippen molar-refractivity contribution in [3.63, 3.8) is 0 Å². The maximum atomic E-state index is 12.5. The van der Waals surface area contributed by atoms with Gasteiger partial charge in [-0.1, -0.05) is 18.2 Å². The molecule has 0 fully saturated rings. The minimum Gasteiger partial charge on any atom is -0.463 e. The summed E-state index contributed by atoms with van der Waals surface area (Å²) in [5.74, 6) is 0.373. The van der Waals surface area contributed by atoms with Crippen molar-refractivity contribution in [3.05, 3.63) is 72.1 Å². The molecule has 128 valence electrons. The normalized spacial score (nSPS) is 11.4. The van der Waals surface area contributed by atoms with Crippen molar-refractivity contribution in [1.29, 1.82) is 0 Å². The molecule has 0 amide bonds. The second kappa shape index (κ2) is 7.00. The average Bonchev–Trinajstić information content (AvgIpc) is 3.15. The van der Waals surface area contributed by atoms with Crippen LogP contribution < -0.4 is 4.72 Å². The van der Waals surface area contributed by atoms with Gasteiger partial charge >= 0.3 is 0 Å². The van der Waals surface area contributed by atoms with Crippen molar-refractivity contribution < 1.29 is 17.6 Å². The van der Waals surface area contributed by atoms with Crippen LogP contribution in [0.4, 0.5) is 0 Å². The van der Waals surface area contributed by atoms with Gasteiger partial charge in [-0.3, -0.25) is 9.78 Å². The molecule has 0 aliphatic heterocycles. The molecule has 7 heteroatoms. The molecule has 2 aromatic heterocycles. The Kier molecular flexibility index (Phi) is 4.78. The molecule has 1 N–H and O–H groups in total. The number of pyridine rings is 1. The number of furan rings is 1. The number of ketones is 1. The quantitative estimate of drug-likeness (QED) is 0.686. The maximum absolute atomic E-state index is 12.5. The number of nitrogens with one attached hydrogen (secondary N) is 1. The van der Waals surface area contributed by atoms with Gasteiger partial charge in [0.1, 0.15) is 5.69 Å². The Bertz CT molecular complexity index is 995. The number of rotatable bonds is 6. The van der Waals surface area contributed by atoms with E-state index >= 15 is 0 Å². The lowest BCUT2D eigenvalue weighted by molar-refractivity contribution is 0.101. The number of benzene rings is 1. The van der Waals surface area contributed by atoms with E-state index in [2.05, 4.69) is 9.71 Å². The maximum Gasteiger partial charge on any atom is 0.240 e. The number of Topliss-reactive ketones (excluding diaryl/α,β-unsaturated/α-hetero) is 1. The van der Waals surface area contributed by atoms with Gasteiger partial charge in [-0.2, -0.15) is 0 Å². The number of aromatic nitrogens is 1. The summed E-state index contributed by atoms with van der Waals surface area (Å²) < 4.78 is 32.9. The summed E-state index contributed by atoms with van der Waals surface area (Å²) in [6.07, 6.45) is 3.15. The molecule has 1 aromatic carbocycles. The van der Waals surface area contributed by atoms with E-state index in [1.54, 1.807) is 42.6 Å². The third kappa shape index (κ3) is 3.84. The van der Waals surface area contributed by atoms with Crippen LogP contribution in [0, 0.1) is 0 Å². The second-order valence-electron chi connectivity index (χ2n) is 5.40.